The fourth-order valence-electron chi connectivity index (χ4n) is 1.11. The summed E-state index contributed by atoms with van der Waals surface area (Å²) in [7, 11) is 0. The van der Waals surface area contributed by atoms with Crippen LogP contribution in [0, 0.1) is 5.95 Å². The second kappa shape index (κ2) is 2.92. The molecule has 0 aliphatic heterocycles. The summed E-state index contributed by atoms with van der Waals surface area (Å²) in [5.74, 6) is -0.670. The molecule has 0 aliphatic rings. The number of hydrogen-bond donors (Lipinski definition) is 1. The fourth-order valence-corrected chi connectivity index (χ4v) is 1.47. The number of nitrogens with one attached hydrogen (secondary N) is 1. The van der Waals surface area contributed by atoms with Crippen LogP contribution in [0.3, 0.4) is 0 Å². The molecule has 13 heavy (non-hydrogen) atoms. The molecule has 0 radical (unpaired) electrons. The van der Waals surface area contributed by atoms with Gasteiger partial charge in [0.2, 0.25) is 5.95 Å². The van der Waals surface area contributed by atoms with E-state index < -0.39 is 5.95 Å². The summed E-state index contributed by atoms with van der Waals surface area (Å²) in [6.45, 7) is 0. The minimum absolute atomic E-state index is 0.220. The van der Waals surface area contributed by atoms with Crippen molar-refractivity contribution in [2.24, 2.45) is 0 Å². The zero-order chi connectivity index (χ0) is 9.42. The van der Waals surface area contributed by atoms with E-state index >= 15 is 0 Å². The van der Waals surface area contributed by atoms with Gasteiger partial charge in [-0.2, -0.15) is 4.39 Å². The molecule has 66 valence electrons. The molecule has 1 aromatic heterocycles. The first-order chi connectivity index (χ1) is 6.18. The first kappa shape index (κ1) is 8.37. The summed E-state index contributed by atoms with van der Waals surface area (Å²) in [6, 6.07) is 4.74. The molecule has 1 N–H and O–H groups in total. The van der Waals surface area contributed by atoms with E-state index in [2.05, 4.69) is 26.1 Å². The predicted molar refractivity (Wildman–Crippen MR) is 50.0 cm³/mol. The van der Waals surface area contributed by atoms with E-state index in [1.807, 2.05) is 0 Å². The molecule has 0 unspecified atom stereocenters. The molecule has 0 aliphatic carbocycles. The number of nitrogens with zero attached hydrogens (tertiary/aromatic N) is 1. The number of benzene rings is 1. The number of fused-ring (bicyclic) bond motifs is 1. The Morgan fingerprint density at radius 1 is 1.38 bits per heavy atom. The van der Waals surface area contributed by atoms with Crippen molar-refractivity contribution in [2.45, 2.75) is 0 Å². The topological polar surface area (TPSA) is 45.8 Å². The van der Waals surface area contributed by atoms with E-state index in [9.17, 15) is 9.18 Å². The molecule has 3 nitrogen and oxygen atoms in total. The van der Waals surface area contributed by atoms with Crippen LogP contribution in [0.15, 0.2) is 27.5 Å². The van der Waals surface area contributed by atoms with Gasteiger partial charge < -0.3 is 0 Å². The van der Waals surface area contributed by atoms with Crippen molar-refractivity contribution in [3.05, 3.63) is 39.0 Å². The largest absolute Gasteiger partial charge is 0.272 e. The number of rotatable bonds is 0. The third-order valence-electron chi connectivity index (χ3n) is 1.70. The van der Waals surface area contributed by atoms with Crippen LogP contribution in [0.2, 0.25) is 0 Å². The Bertz CT molecular complexity index is 523. The van der Waals surface area contributed by atoms with E-state index in [1.165, 1.54) is 6.07 Å². The molecule has 0 atom stereocenters. The number of aromatic amines is 1. The van der Waals surface area contributed by atoms with Gasteiger partial charge in [-0.15, -0.1) is 5.10 Å². The van der Waals surface area contributed by atoms with Gasteiger partial charge in [0.25, 0.3) is 5.56 Å². The lowest BCUT2D eigenvalue weighted by molar-refractivity contribution is 0.574. The Balaban J connectivity index is 3.01. The molecule has 1 heterocycles. The fraction of sp³-hybridized carbons (Fsp3) is 0. The average Bonchev–Trinajstić information content (AvgIpc) is 2.12. The highest BCUT2D eigenvalue weighted by atomic mass is 79.9. The van der Waals surface area contributed by atoms with Gasteiger partial charge in [-0.05, 0) is 18.2 Å². The van der Waals surface area contributed by atoms with Gasteiger partial charge in [0.05, 0.1) is 5.39 Å². The molecule has 0 spiro atoms. The summed E-state index contributed by atoms with van der Waals surface area (Å²) < 4.78 is 13.8. The van der Waals surface area contributed by atoms with E-state index in [1.54, 1.807) is 12.1 Å². The quantitative estimate of drug-likeness (QED) is 0.767. The Morgan fingerprint density at radius 3 is 2.92 bits per heavy atom. The molecule has 0 saturated heterocycles. The van der Waals surface area contributed by atoms with Crippen molar-refractivity contribution in [1.82, 2.24) is 10.2 Å². The Kier molecular flexibility index (Phi) is 1.88. The summed E-state index contributed by atoms with van der Waals surface area (Å²) in [5.41, 5.74) is -0.385. The molecule has 0 saturated carbocycles. The van der Waals surface area contributed by atoms with Crippen molar-refractivity contribution >= 4 is 26.7 Å². The molecule has 0 amide bonds. The van der Waals surface area contributed by atoms with Crippen molar-refractivity contribution < 1.29 is 4.39 Å². The van der Waals surface area contributed by atoms with Gasteiger partial charge in [0.1, 0.15) is 0 Å². The second-order valence-electron chi connectivity index (χ2n) is 2.53. The van der Waals surface area contributed by atoms with Crippen LogP contribution in [0.5, 0.6) is 0 Å². The Labute approximate surface area is 80.7 Å². The number of aromatic nitrogens is 2. The van der Waals surface area contributed by atoms with Crippen LogP contribution in [0.1, 0.15) is 0 Å². The van der Waals surface area contributed by atoms with Gasteiger partial charge >= 0.3 is 0 Å². The van der Waals surface area contributed by atoms with Gasteiger partial charge in [-0.3, -0.25) is 4.79 Å². The monoisotopic (exact) mass is 242 g/mol. The lowest BCUT2D eigenvalue weighted by Gasteiger charge is -1.97. The maximum absolute atomic E-state index is 13.0. The van der Waals surface area contributed by atoms with E-state index in [0.29, 0.717) is 9.86 Å². The van der Waals surface area contributed by atoms with E-state index in [0.717, 1.165) is 0 Å². The van der Waals surface area contributed by atoms with Gasteiger partial charge in [-0.25, -0.2) is 5.10 Å². The van der Waals surface area contributed by atoms with Crippen molar-refractivity contribution in [1.29, 1.82) is 0 Å². The van der Waals surface area contributed by atoms with Crippen LogP contribution in [-0.4, -0.2) is 10.2 Å². The predicted octanol–water partition coefficient (Wildman–Crippen LogP) is 1.82. The Hall–Kier alpha value is -1.23. The highest BCUT2D eigenvalue weighted by Crippen LogP contribution is 2.17. The Morgan fingerprint density at radius 2 is 2.15 bits per heavy atom. The molecular weight excluding hydrogens is 239 g/mol. The third kappa shape index (κ3) is 1.35. The second-order valence-corrected chi connectivity index (χ2v) is 3.45. The third-order valence-corrected chi connectivity index (χ3v) is 2.20. The maximum atomic E-state index is 13.0. The van der Waals surface area contributed by atoms with Crippen LogP contribution in [0.25, 0.3) is 10.8 Å². The van der Waals surface area contributed by atoms with Crippen LogP contribution >= 0.6 is 15.9 Å². The number of H-pyrrole nitrogens is 1. The lowest BCUT2D eigenvalue weighted by atomic mass is 10.2. The SMILES string of the molecule is O=c1[nH]nc(F)c2cc(Br)ccc12. The zero-order valence-corrected chi connectivity index (χ0v) is 7.93. The standard InChI is InChI=1S/C8H4BrFN2O/c9-4-1-2-5-6(3-4)7(10)11-12-8(5)13/h1-3H,(H,12,13). The minimum Gasteiger partial charge on any atom is -0.267 e. The highest BCUT2D eigenvalue weighted by Gasteiger charge is 2.05. The summed E-state index contributed by atoms with van der Waals surface area (Å²) >= 11 is 3.18. The van der Waals surface area contributed by atoms with E-state index in [-0.39, 0.29) is 10.9 Å². The van der Waals surface area contributed by atoms with Crippen molar-refractivity contribution in [3.63, 3.8) is 0 Å². The molecular formula is C8H4BrFN2O. The molecule has 2 aromatic rings. The maximum Gasteiger partial charge on any atom is 0.272 e. The number of halogens is 2. The van der Waals surface area contributed by atoms with Crippen LogP contribution in [0.4, 0.5) is 4.39 Å². The number of hydrogen-bond acceptors (Lipinski definition) is 2. The van der Waals surface area contributed by atoms with Crippen molar-refractivity contribution in [3.8, 4) is 0 Å². The first-order valence-electron chi connectivity index (χ1n) is 3.52. The van der Waals surface area contributed by atoms with Gasteiger partial charge in [-0.1, -0.05) is 15.9 Å². The smallest absolute Gasteiger partial charge is 0.267 e. The molecule has 5 heteroatoms. The summed E-state index contributed by atoms with van der Waals surface area (Å²) in [5, 5.41) is 5.81. The first-order valence-corrected chi connectivity index (χ1v) is 4.31. The van der Waals surface area contributed by atoms with Crippen LogP contribution in [-0.2, 0) is 0 Å². The van der Waals surface area contributed by atoms with E-state index in [4.69, 9.17) is 0 Å². The molecule has 1 aromatic carbocycles. The summed E-state index contributed by atoms with van der Waals surface area (Å²) in [4.78, 5) is 11.1. The summed E-state index contributed by atoms with van der Waals surface area (Å²) in [6.07, 6.45) is 0. The van der Waals surface area contributed by atoms with Gasteiger partial charge in [0, 0.05) is 9.86 Å². The zero-order valence-electron chi connectivity index (χ0n) is 6.34. The van der Waals surface area contributed by atoms with Gasteiger partial charge in [0.15, 0.2) is 0 Å². The normalized spacial score (nSPS) is 10.6. The van der Waals surface area contributed by atoms with Crippen LogP contribution < -0.4 is 5.56 Å². The minimum atomic E-state index is -0.670. The molecule has 2 rings (SSSR count). The lowest BCUT2D eigenvalue weighted by Crippen LogP contribution is -2.09. The molecule has 0 bridgehead atoms. The van der Waals surface area contributed by atoms with Crippen molar-refractivity contribution in [2.75, 3.05) is 0 Å². The average molecular weight is 243 g/mol. The highest BCUT2D eigenvalue weighted by molar-refractivity contribution is 9.10. The molecule has 0 fully saturated rings.